The van der Waals surface area contributed by atoms with Crippen molar-refractivity contribution in [3.8, 4) is 5.82 Å². The lowest BCUT2D eigenvalue weighted by Gasteiger charge is -2.18. The van der Waals surface area contributed by atoms with Crippen LogP contribution in [0.3, 0.4) is 0 Å². The first-order valence-corrected chi connectivity index (χ1v) is 8.84. The van der Waals surface area contributed by atoms with Gasteiger partial charge in [0.1, 0.15) is 6.33 Å². The quantitative estimate of drug-likeness (QED) is 0.836. The maximum absolute atomic E-state index is 12.6. The lowest BCUT2D eigenvalue weighted by Crippen LogP contribution is -2.29. The van der Waals surface area contributed by atoms with E-state index in [1.807, 2.05) is 0 Å². The van der Waals surface area contributed by atoms with E-state index in [4.69, 9.17) is 4.78 Å². The van der Waals surface area contributed by atoms with Crippen molar-refractivity contribution in [2.24, 2.45) is 0 Å². The first-order chi connectivity index (χ1) is 9.58. The van der Waals surface area contributed by atoms with Gasteiger partial charge in [-0.15, -0.1) is 0 Å². The molecule has 0 aliphatic carbocycles. The third-order valence-corrected chi connectivity index (χ3v) is 5.38. The number of nitrogens with one attached hydrogen (secondary N) is 1. The first kappa shape index (κ1) is 15.1. The van der Waals surface area contributed by atoms with Gasteiger partial charge < -0.3 is 4.90 Å². The van der Waals surface area contributed by atoms with Crippen LogP contribution in [0.4, 0.5) is 0 Å². The highest BCUT2D eigenvalue weighted by molar-refractivity contribution is 7.92. The summed E-state index contributed by atoms with van der Waals surface area (Å²) in [5.41, 5.74) is 0. The molecule has 0 amide bonds. The van der Waals surface area contributed by atoms with Crippen LogP contribution in [0.1, 0.15) is 13.8 Å². The topological polar surface area (TPSA) is 87.8 Å². The van der Waals surface area contributed by atoms with Crippen molar-refractivity contribution in [1.29, 1.82) is 4.78 Å². The summed E-state index contributed by atoms with van der Waals surface area (Å²) in [6, 6.07) is 0. The molecule has 2 rings (SSSR count). The fourth-order valence-corrected chi connectivity index (χ4v) is 4.07. The van der Waals surface area contributed by atoms with E-state index >= 15 is 0 Å². The zero-order valence-electron chi connectivity index (χ0n) is 11.5. The van der Waals surface area contributed by atoms with E-state index < -0.39 is 9.73 Å². The maximum Gasteiger partial charge on any atom is 0.194 e. The molecule has 2 heterocycles. The molecule has 1 atom stereocenters. The standard InChI is InChI=1S/C11H18N6OS2/c1-3-16(4-2)7-8-20(12,18)11-10(14-19-15-11)17-6-5-13-9-17/h5-6,9,12H,3-4,7-8H2,1-2H3. The van der Waals surface area contributed by atoms with Gasteiger partial charge in [0.05, 0.1) is 27.2 Å². The molecule has 0 saturated heterocycles. The smallest absolute Gasteiger partial charge is 0.194 e. The Labute approximate surface area is 123 Å². The summed E-state index contributed by atoms with van der Waals surface area (Å²) in [5.74, 6) is 0.717. The molecule has 1 unspecified atom stereocenters. The van der Waals surface area contributed by atoms with E-state index in [1.165, 1.54) is 0 Å². The molecule has 0 aliphatic heterocycles. The molecule has 0 aromatic carbocycles. The van der Waals surface area contributed by atoms with E-state index in [-0.39, 0.29) is 10.8 Å². The zero-order valence-corrected chi connectivity index (χ0v) is 13.2. The molecular formula is C11H18N6OS2. The molecule has 1 N–H and O–H groups in total. The van der Waals surface area contributed by atoms with Crippen molar-refractivity contribution < 1.29 is 4.21 Å². The molecule has 0 saturated carbocycles. The summed E-state index contributed by atoms with van der Waals surface area (Å²) in [4.78, 5) is 6.08. The highest BCUT2D eigenvalue weighted by Gasteiger charge is 2.21. The van der Waals surface area contributed by atoms with Gasteiger partial charge in [0.2, 0.25) is 0 Å². The molecule has 2 aromatic rings. The Hall–Kier alpha value is -1.32. The van der Waals surface area contributed by atoms with Crippen molar-refractivity contribution in [2.75, 3.05) is 25.4 Å². The van der Waals surface area contributed by atoms with Crippen molar-refractivity contribution in [3.63, 3.8) is 0 Å². The van der Waals surface area contributed by atoms with E-state index in [0.29, 0.717) is 12.4 Å². The van der Waals surface area contributed by atoms with Gasteiger partial charge in [-0.3, -0.25) is 4.57 Å². The number of imidazole rings is 1. The van der Waals surface area contributed by atoms with E-state index in [0.717, 1.165) is 24.8 Å². The van der Waals surface area contributed by atoms with Gasteiger partial charge in [0, 0.05) is 18.9 Å². The largest absolute Gasteiger partial charge is 0.303 e. The van der Waals surface area contributed by atoms with Crippen molar-refractivity contribution >= 4 is 21.5 Å². The average molecular weight is 314 g/mol. The summed E-state index contributed by atoms with van der Waals surface area (Å²) < 4.78 is 30.6. The lowest BCUT2D eigenvalue weighted by atomic mass is 10.5. The summed E-state index contributed by atoms with van der Waals surface area (Å²) in [6.07, 6.45) is 4.89. The normalized spacial score (nSPS) is 14.6. The molecule has 0 aliphatic rings. The number of rotatable bonds is 7. The molecule has 0 bridgehead atoms. The predicted molar refractivity (Wildman–Crippen MR) is 78.8 cm³/mol. The maximum atomic E-state index is 12.6. The number of hydrogen-bond donors (Lipinski definition) is 1. The van der Waals surface area contributed by atoms with Gasteiger partial charge in [-0.05, 0) is 13.1 Å². The fraction of sp³-hybridized carbons (Fsp3) is 0.545. The molecule has 110 valence electrons. The van der Waals surface area contributed by atoms with Gasteiger partial charge in [-0.1, -0.05) is 13.8 Å². The van der Waals surface area contributed by atoms with Crippen LogP contribution in [-0.2, 0) is 9.73 Å². The molecule has 9 heteroatoms. The second kappa shape index (κ2) is 6.42. The Morgan fingerprint density at radius 2 is 2.15 bits per heavy atom. The number of nitrogens with zero attached hydrogens (tertiary/aromatic N) is 5. The minimum atomic E-state index is -2.94. The van der Waals surface area contributed by atoms with Crippen LogP contribution in [0.25, 0.3) is 5.82 Å². The van der Waals surface area contributed by atoms with Gasteiger partial charge in [0.15, 0.2) is 10.8 Å². The molecule has 7 nitrogen and oxygen atoms in total. The van der Waals surface area contributed by atoms with Gasteiger partial charge >= 0.3 is 0 Å². The number of hydrogen-bond acceptors (Lipinski definition) is 7. The van der Waals surface area contributed by atoms with Crippen molar-refractivity contribution in [2.45, 2.75) is 18.9 Å². The highest BCUT2D eigenvalue weighted by atomic mass is 32.2. The van der Waals surface area contributed by atoms with Gasteiger partial charge in [-0.25, -0.2) is 14.0 Å². The van der Waals surface area contributed by atoms with E-state index in [2.05, 4.69) is 32.5 Å². The van der Waals surface area contributed by atoms with Crippen LogP contribution in [0.5, 0.6) is 0 Å². The molecular weight excluding hydrogens is 296 g/mol. The Morgan fingerprint density at radius 1 is 1.40 bits per heavy atom. The Bertz CT molecular complexity index is 630. The zero-order chi connectivity index (χ0) is 14.6. The Balaban J connectivity index is 2.21. The highest BCUT2D eigenvalue weighted by Crippen LogP contribution is 2.19. The van der Waals surface area contributed by atoms with Crippen molar-refractivity contribution in [3.05, 3.63) is 18.7 Å². The van der Waals surface area contributed by atoms with Crippen LogP contribution in [-0.4, -0.2) is 52.8 Å². The monoisotopic (exact) mass is 314 g/mol. The average Bonchev–Trinajstić information content (AvgIpc) is 3.10. The summed E-state index contributed by atoms with van der Waals surface area (Å²) in [7, 11) is -2.94. The first-order valence-electron chi connectivity index (χ1n) is 6.38. The van der Waals surface area contributed by atoms with Crippen LogP contribution < -0.4 is 0 Å². The second-order valence-electron chi connectivity index (χ2n) is 4.27. The Morgan fingerprint density at radius 3 is 2.75 bits per heavy atom. The molecule has 2 aromatic heterocycles. The molecule has 0 spiro atoms. The molecule has 20 heavy (non-hydrogen) atoms. The summed E-state index contributed by atoms with van der Waals surface area (Å²) in [5, 5.41) is 0.257. The SMILES string of the molecule is CCN(CC)CCS(=N)(=O)c1nsnc1-n1ccnc1. The molecule has 0 radical (unpaired) electrons. The van der Waals surface area contributed by atoms with Crippen LogP contribution >= 0.6 is 11.7 Å². The molecule has 0 fully saturated rings. The third-order valence-electron chi connectivity index (χ3n) is 3.09. The van der Waals surface area contributed by atoms with Crippen LogP contribution in [0.2, 0.25) is 0 Å². The lowest BCUT2D eigenvalue weighted by molar-refractivity contribution is 0.322. The van der Waals surface area contributed by atoms with Gasteiger partial charge in [-0.2, -0.15) is 8.75 Å². The second-order valence-corrected chi connectivity index (χ2v) is 6.94. The minimum absolute atomic E-state index is 0.257. The minimum Gasteiger partial charge on any atom is -0.303 e. The fourth-order valence-electron chi connectivity index (χ4n) is 1.82. The van der Waals surface area contributed by atoms with Gasteiger partial charge in [0.25, 0.3) is 0 Å². The number of aromatic nitrogens is 4. The van der Waals surface area contributed by atoms with Crippen molar-refractivity contribution in [1.82, 2.24) is 23.2 Å². The summed E-state index contributed by atoms with van der Waals surface area (Å²) >= 11 is 0.976. The summed E-state index contributed by atoms with van der Waals surface area (Å²) in [6.45, 7) is 6.49. The van der Waals surface area contributed by atoms with Crippen LogP contribution in [0.15, 0.2) is 23.7 Å². The predicted octanol–water partition coefficient (Wildman–Crippen LogP) is 1.47. The van der Waals surface area contributed by atoms with E-state index in [1.54, 1.807) is 23.3 Å². The van der Waals surface area contributed by atoms with Crippen LogP contribution in [0, 0.1) is 4.78 Å². The third kappa shape index (κ3) is 3.22. The Kier molecular flexibility index (Phi) is 4.84. The van der Waals surface area contributed by atoms with E-state index in [9.17, 15) is 4.21 Å².